The molecule has 1 saturated heterocycles. The minimum Gasteiger partial charge on any atom is -0.493 e. The summed E-state index contributed by atoms with van der Waals surface area (Å²) in [6.07, 6.45) is -0.0730. The van der Waals surface area contributed by atoms with Crippen LogP contribution in [-0.4, -0.2) is 72.3 Å². The highest BCUT2D eigenvalue weighted by Crippen LogP contribution is 2.35. The number of urea groups is 1. The highest BCUT2D eigenvalue weighted by atomic mass is 32.1. The van der Waals surface area contributed by atoms with Crippen LogP contribution in [0, 0.1) is 0 Å². The van der Waals surface area contributed by atoms with E-state index in [-0.39, 0.29) is 17.2 Å². The number of nitrogens with zero attached hydrogens (tertiary/aromatic N) is 2. The standard InChI is InChI=1S/C26H24N4O9S/c1-36-17-5-3-13(10-19(17)37-2)9-16(22(31)29-25-27-15(12-40-25)24(33)34)30-23(32)21(28-26(30)35)14-4-6-18-20(11-14)39-8-7-38-18/h3-6,10-12,16,21H,7-9H2,1-2H3,(H,28,35)(H,33,34)(H,27,29,31). The summed E-state index contributed by atoms with van der Waals surface area (Å²) >= 11 is 0.905. The van der Waals surface area contributed by atoms with E-state index >= 15 is 0 Å². The number of benzene rings is 2. The van der Waals surface area contributed by atoms with Gasteiger partial charge in [0.25, 0.3) is 5.91 Å². The number of hydrogen-bond acceptors (Lipinski definition) is 10. The first-order valence-corrected chi connectivity index (χ1v) is 12.9. The van der Waals surface area contributed by atoms with Crippen LogP contribution < -0.4 is 29.6 Å². The van der Waals surface area contributed by atoms with Gasteiger partial charge in [-0.2, -0.15) is 0 Å². The van der Waals surface area contributed by atoms with Crippen molar-refractivity contribution in [3.05, 3.63) is 58.6 Å². The molecule has 0 radical (unpaired) electrons. The Bertz CT molecular complexity index is 1490. The predicted molar refractivity (Wildman–Crippen MR) is 140 cm³/mol. The predicted octanol–water partition coefficient (Wildman–Crippen LogP) is 2.47. The van der Waals surface area contributed by atoms with Gasteiger partial charge in [-0.3, -0.25) is 9.59 Å². The fourth-order valence-electron chi connectivity index (χ4n) is 4.40. The number of carbonyl (C=O) groups is 4. The molecule has 0 bridgehead atoms. The normalized spacial score (nSPS) is 16.8. The molecule has 208 valence electrons. The highest BCUT2D eigenvalue weighted by Gasteiger charge is 2.45. The number of methoxy groups -OCH3 is 2. The lowest BCUT2D eigenvalue weighted by Gasteiger charge is -2.25. The van der Waals surface area contributed by atoms with Gasteiger partial charge in [-0.25, -0.2) is 19.5 Å². The van der Waals surface area contributed by atoms with Crippen LogP contribution >= 0.6 is 11.3 Å². The number of ether oxygens (including phenoxy) is 4. The Labute approximate surface area is 231 Å². The van der Waals surface area contributed by atoms with Crippen molar-refractivity contribution in [2.45, 2.75) is 18.5 Å². The molecule has 13 nitrogen and oxygen atoms in total. The second kappa shape index (κ2) is 11.1. The van der Waals surface area contributed by atoms with Crippen LogP contribution in [0.3, 0.4) is 0 Å². The van der Waals surface area contributed by atoms with Gasteiger partial charge in [0.1, 0.15) is 25.3 Å². The molecule has 2 atom stereocenters. The molecule has 40 heavy (non-hydrogen) atoms. The van der Waals surface area contributed by atoms with E-state index in [1.807, 2.05) is 0 Å². The maximum Gasteiger partial charge on any atom is 0.355 e. The number of carboxylic acids is 1. The number of anilines is 1. The van der Waals surface area contributed by atoms with E-state index in [1.54, 1.807) is 36.4 Å². The third kappa shape index (κ3) is 5.20. The van der Waals surface area contributed by atoms with Crippen molar-refractivity contribution in [2.75, 3.05) is 32.8 Å². The number of nitrogens with one attached hydrogen (secondary N) is 2. The van der Waals surface area contributed by atoms with Crippen LogP contribution in [0.2, 0.25) is 0 Å². The number of carbonyl (C=O) groups excluding carboxylic acids is 3. The Hall–Kier alpha value is -4.85. The first-order valence-electron chi connectivity index (χ1n) is 12.0. The average Bonchev–Trinajstić information content (AvgIpc) is 3.55. The molecule has 5 rings (SSSR count). The number of aromatic carboxylic acids is 1. The van der Waals surface area contributed by atoms with E-state index in [2.05, 4.69) is 15.6 Å². The molecule has 14 heteroatoms. The van der Waals surface area contributed by atoms with Crippen LogP contribution in [0.15, 0.2) is 41.8 Å². The number of aromatic nitrogens is 1. The van der Waals surface area contributed by atoms with Gasteiger partial charge in [0.15, 0.2) is 33.8 Å². The Morgan fingerprint density at radius 3 is 2.58 bits per heavy atom. The molecule has 2 unspecified atom stereocenters. The number of amides is 4. The first-order chi connectivity index (χ1) is 19.3. The molecule has 2 aliphatic rings. The number of hydrogen-bond donors (Lipinski definition) is 3. The third-order valence-electron chi connectivity index (χ3n) is 6.32. The molecule has 3 N–H and O–H groups in total. The van der Waals surface area contributed by atoms with Gasteiger partial charge in [-0.15, -0.1) is 11.3 Å². The third-order valence-corrected chi connectivity index (χ3v) is 7.07. The molecule has 2 aromatic carbocycles. The Kier molecular flexibility index (Phi) is 7.42. The lowest BCUT2D eigenvalue weighted by molar-refractivity contribution is -0.134. The van der Waals surface area contributed by atoms with Gasteiger partial charge >= 0.3 is 12.0 Å². The highest BCUT2D eigenvalue weighted by molar-refractivity contribution is 7.14. The summed E-state index contributed by atoms with van der Waals surface area (Å²) in [6.45, 7) is 0.751. The van der Waals surface area contributed by atoms with Gasteiger partial charge in [0.05, 0.1) is 14.2 Å². The summed E-state index contributed by atoms with van der Waals surface area (Å²) in [5.74, 6) is -0.795. The molecule has 3 heterocycles. The van der Waals surface area contributed by atoms with Crippen LogP contribution in [0.4, 0.5) is 9.93 Å². The Morgan fingerprint density at radius 2 is 1.88 bits per heavy atom. The van der Waals surface area contributed by atoms with Gasteiger partial charge in [-0.05, 0) is 35.4 Å². The topological polar surface area (TPSA) is 166 Å². The van der Waals surface area contributed by atoms with E-state index in [4.69, 9.17) is 24.1 Å². The fourth-order valence-corrected chi connectivity index (χ4v) is 5.09. The molecular weight excluding hydrogens is 544 g/mol. The van der Waals surface area contributed by atoms with Crippen molar-refractivity contribution in [1.29, 1.82) is 0 Å². The fraction of sp³-hybridized carbons (Fsp3) is 0.269. The zero-order chi connectivity index (χ0) is 28.4. The molecule has 1 fully saturated rings. The smallest absolute Gasteiger partial charge is 0.355 e. The Balaban J connectivity index is 1.46. The van der Waals surface area contributed by atoms with Crippen molar-refractivity contribution in [3.8, 4) is 23.0 Å². The molecule has 3 aromatic rings. The molecular formula is C26H24N4O9S. The van der Waals surface area contributed by atoms with Crippen molar-refractivity contribution in [1.82, 2.24) is 15.2 Å². The number of imide groups is 1. The number of thiazole rings is 1. The number of carboxylic acid groups (broad SMARTS) is 1. The van der Waals surface area contributed by atoms with Gasteiger partial charge in [-0.1, -0.05) is 12.1 Å². The monoisotopic (exact) mass is 568 g/mol. The Morgan fingerprint density at radius 1 is 1.12 bits per heavy atom. The lowest BCUT2D eigenvalue weighted by atomic mass is 10.0. The molecule has 0 spiro atoms. The molecule has 1 aromatic heterocycles. The van der Waals surface area contributed by atoms with Crippen LogP contribution in [0.25, 0.3) is 0 Å². The van der Waals surface area contributed by atoms with Gasteiger partial charge in [0, 0.05) is 11.8 Å². The molecule has 2 aliphatic heterocycles. The zero-order valence-corrected chi connectivity index (χ0v) is 22.1. The van der Waals surface area contributed by atoms with Crippen LogP contribution in [0.5, 0.6) is 23.0 Å². The van der Waals surface area contributed by atoms with E-state index < -0.39 is 35.9 Å². The molecule has 0 saturated carbocycles. The second-order valence-corrected chi connectivity index (χ2v) is 9.59. The largest absolute Gasteiger partial charge is 0.493 e. The van der Waals surface area contributed by atoms with Crippen LogP contribution in [-0.2, 0) is 16.0 Å². The van der Waals surface area contributed by atoms with E-state index in [9.17, 15) is 19.2 Å². The van der Waals surface area contributed by atoms with E-state index in [0.29, 0.717) is 47.3 Å². The average molecular weight is 569 g/mol. The lowest BCUT2D eigenvalue weighted by Crippen LogP contribution is -2.49. The van der Waals surface area contributed by atoms with Crippen molar-refractivity contribution in [2.24, 2.45) is 0 Å². The minimum atomic E-state index is -1.31. The summed E-state index contributed by atoms with van der Waals surface area (Å²) in [7, 11) is 2.95. The maximum absolute atomic E-state index is 13.6. The SMILES string of the molecule is COc1ccc(CC(C(=O)Nc2nc(C(=O)O)cs2)N2C(=O)NC(c3ccc4c(c3)OCCO4)C2=O)cc1OC. The minimum absolute atomic E-state index is 0.00940. The summed E-state index contributed by atoms with van der Waals surface area (Å²) in [5, 5.41) is 15.6. The second-order valence-electron chi connectivity index (χ2n) is 8.74. The zero-order valence-electron chi connectivity index (χ0n) is 21.3. The summed E-state index contributed by atoms with van der Waals surface area (Å²) in [4.78, 5) is 56.3. The maximum atomic E-state index is 13.6. The van der Waals surface area contributed by atoms with Gasteiger partial charge in [0.2, 0.25) is 5.91 Å². The first kappa shape index (κ1) is 26.7. The summed E-state index contributed by atoms with van der Waals surface area (Å²) in [6, 6.07) is 6.74. The molecule has 0 aliphatic carbocycles. The quantitative estimate of drug-likeness (QED) is 0.327. The number of rotatable bonds is 9. The summed E-state index contributed by atoms with van der Waals surface area (Å²) < 4.78 is 21.8. The van der Waals surface area contributed by atoms with E-state index in [0.717, 1.165) is 16.2 Å². The van der Waals surface area contributed by atoms with E-state index in [1.165, 1.54) is 19.6 Å². The van der Waals surface area contributed by atoms with Gasteiger partial charge < -0.3 is 34.7 Å². The van der Waals surface area contributed by atoms with Crippen molar-refractivity contribution >= 4 is 40.3 Å². The van der Waals surface area contributed by atoms with Crippen molar-refractivity contribution in [3.63, 3.8) is 0 Å². The van der Waals surface area contributed by atoms with Crippen molar-refractivity contribution < 1.29 is 43.2 Å². The number of fused-ring (bicyclic) bond motifs is 1. The summed E-state index contributed by atoms with van der Waals surface area (Å²) in [5.41, 5.74) is 0.790. The molecule has 4 amide bonds. The van der Waals surface area contributed by atoms with Crippen LogP contribution in [0.1, 0.15) is 27.7 Å².